The predicted molar refractivity (Wildman–Crippen MR) is 36.7 cm³/mol. The lowest BCUT2D eigenvalue weighted by Gasteiger charge is -2.24. The van der Waals surface area contributed by atoms with Gasteiger partial charge in [-0.05, 0) is 18.3 Å². The molecule has 1 atom stereocenters. The minimum atomic E-state index is 0.289. The molecule has 0 amide bonds. The predicted octanol–water partition coefficient (Wildman–Crippen LogP) is 1.46. The minimum Gasteiger partial charge on any atom is -0.301 e. The van der Waals surface area contributed by atoms with Crippen molar-refractivity contribution in [2.24, 2.45) is 11.3 Å². The lowest BCUT2D eigenvalue weighted by atomic mass is 9.89. The molecule has 2 heteroatoms. The summed E-state index contributed by atoms with van der Waals surface area (Å²) in [6, 6.07) is 0. The zero-order valence-corrected chi connectivity index (χ0v) is 6.18. The molecule has 0 aromatic heterocycles. The standard InChI is InChI=1S/C7H15NO/c1-7(2)5-3-4-6(7)9-8/h6H,3-5,8H2,1-2H3. The van der Waals surface area contributed by atoms with Crippen LogP contribution in [0.1, 0.15) is 33.1 Å². The Bertz CT molecular complexity index is 101. The van der Waals surface area contributed by atoms with Gasteiger partial charge in [0.1, 0.15) is 0 Å². The molecule has 1 unspecified atom stereocenters. The molecule has 0 aliphatic heterocycles. The molecule has 1 aliphatic carbocycles. The van der Waals surface area contributed by atoms with Crippen LogP contribution in [0.4, 0.5) is 0 Å². The van der Waals surface area contributed by atoms with Gasteiger partial charge in [0.2, 0.25) is 0 Å². The van der Waals surface area contributed by atoms with E-state index < -0.39 is 0 Å². The molecule has 1 saturated carbocycles. The van der Waals surface area contributed by atoms with Gasteiger partial charge in [0.05, 0.1) is 6.10 Å². The van der Waals surface area contributed by atoms with Crippen LogP contribution >= 0.6 is 0 Å². The smallest absolute Gasteiger partial charge is 0.0838 e. The highest BCUT2D eigenvalue weighted by atomic mass is 16.6. The molecule has 1 aliphatic rings. The molecule has 0 bridgehead atoms. The maximum Gasteiger partial charge on any atom is 0.0838 e. The molecular weight excluding hydrogens is 114 g/mol. The Morgan fingerprint density at radius 1 is 1.56 bits per heavy atom. The fraction of sp³-hybridized carbons (Fsp3) is 1.00. The van der Waals surface area contributed by atoms with E-state index in [1.54, 1.807) is 0 Å². The van der Waals surface area contributed by atoms with Gasteiger partial charge < -0.3 is 4.84 Å². The van der Waals surface area contributed by atoms with Gasteiger partial charge in [-0.25, -0.2) is 5.90 Å². The van der Waals surface area contributed by atoms with Gasteiger partial charge in [-0.2, -0.15) is 0 Å². The van der Waals surface area contributed by atoms with Crippen LogP contribution in [0.25, 0.3) is 0 Å². The van der Waals surface area contributed by atoms with E-state index in [0.717, 1.165) is 6.42 Å². The molecule has 0 aromatic rings. The molecule has 2 N–H and O–H groups in total. The van der Waals surface area contributed by atoms with Crippen LogP contribution in [0.5, 0.6) is 0 Å². The van der Waals surface area contributed by atoms with Gasteiger partial charge in [0, 0.05) is 0 Å². The van der Waals surface area contributed by atoms with Crippen LogP contribution in [0, 0.1) is 5.41 Å². The zero-order chi connectivity index (χ0) is 6.91. The quantitative estimate of drug-likeness (QED) is 0.544. The third kappa shape index (κ3) is 1.25. The first-order valence-electron chi connectivity index (χ1n) is 3.52. The van der Waals surface area contributed by atoms with Crippen molar-refractivity contribution in [3.8, 4) is 0 Å². The van der Waals surface area contributed by atoms with Gasteiger partial charge in [-0.15, -0.1) is 0 Å². The summed E-state index contributed by atoms with van der Waals surface area (Å²) in [5.74, 6) is 5.11. The summed E-state index contributed by atoms with van der Waals surface area (Å²) in [6.45, 7) is 4.41. The van der Waals surface area contributed by atoms with Gasteiger partial charge >= 0.3 is 0 Å². The first kappa shape index (κ1) is 7.03. The summed E-state index contributed by atoms with van der Waals surface area (Å²) < 4.78 is 0. The molecular formula is C7H15NO. The number of hydrogen-bond acceptors (Lipinski definition) is 2. The summed E-state index contributed by atoms with van der Waals surface area (Å²) in [7, 11) is 0. The third-order valence-electron chi connectivity index (χ3n) is 2.32. The van der Waals surface area contributed by atoms with Crippen LogP contribution in [0.15, 0.2) is 0 Å². The third-order valence-corrected chi connectivity index (χ3v) is 2.32. The Hall–Kier alpha value is -0.0800. The van der Waals surface area contributed by atoms with E-state index in [1.807, 2.05) is 0 Å². The van der Waals surface area contributed by atoms with E-state index in [9.17, 15) is 0 Å². The van der Waals surface area contributed by atoms with Crippen molar-refractivity contribution in [1.82, 2.24) is 0 Å². The largest absolute Gasteiger partial charge is 0.301 e. The summed E-state index contributed by atoms with van der Waals surface area (Å²) >= 11 is 0. The number of hydrogen-bond donors (Lipinski definition) is 1. The van der Waals surface area contributed by atoms with E-state index in [2.05, 4.69) is 13.8 Å². The summed E-state index contributed by atoms with van der Waals surface area (Å²) in [6.07, 6.45) is 3.92. The van der Waals surface area contributed by atoms with E-state index >= 15 is 0 Å². The van der Waals surface area contributed by atoms with Crippen LogP contribution < -0.4 is 5.90 Å². The minimum absolute atomic E-state index is 0.289. The summed E-state index contributed by atoms with van der Waals surface area (Å²) in [5.41, 5.74) is 0.314. The highest BCUT2D eigenvalue weighted by Crippen LogP contribution is 2.38. The second kappa shape index (κ2) is 2.27. The first-order chi connectivity index (χ1) is 4.17. The molecule has 0 heterocycles. The van der Waals surface area contributed by atoms with Crippen molar-refractivity contribution in [3.63, 3.8) is 0 Å². The monoisotopic (exact) mass is 129 g/mol. The van der Waals surface area contributed by atoms with E-state index in [4.69, 9.17) is 10.7 Å². The Balaban J connectivity index is 2.52. The van der Waals surface area contributed by atoms with Crippen molar-refractivity contribution < 1.29 is 4.84 Å². The van der Waals surface area contributed by atoms with E-state index in [0.29, 0.717) is 5.41 Å². The van der Waals surface area contributed by atoms with Crippen molar-refractivity contribution in [2.75, 3.05) is 0 Å². The molecule has 1 fully saturated rings. The number of nitrogens with two attached hydrogens (primary N) is 1. The van der Waals surface area contributed by atoms with E-state index in [1.165, 1.54) is 12.8 Å². The Kier molecular flexibility index (Phi) is 1.78. The molecule has 2 nitrogen and oxygen atoms in total. The highest BCUT2D eigenvalue weighted by Gasteiger charge is 2.34. The first-order valence-corrected chi connectivity index (χ1v) is 3.52. The Labute approximate surface area is 56.3 Å². The lowest BCUT2D eigenvalue weighted by molar-refractivity contribution is -0.00678. The lowest BCUT2D eigenvalue weighted by Crippen LogP contribution is -2.28. The highest BCUT2D eigenvalue weighted by molar-refractivity contribution is 4.84. The zero-order valence-electron chi connectivity index (χ0n) is 6.18. The number of rotatable bonds is 1. The molecule has 1 rings (SSSR count). The van der Waals surface area contributed by atoms with Gasteiger partial charge in [-0.1, -0.05) is 20.3 Å². The second-order valence-corrected chi connectivity index (χ2v) is 3.51. The second-order valence-electron chi connectivity index (χ2n) is 3.51. The topological polar surface area (TPSA) is 35.2 Å². The van der Waals surface area contributed by atoms with Crippen LogP contribution in [-0.4, -0.2) is 6.10 Å². The summed E-state index contributed by atoms with van der Waals surface area (Å²) in [4.78, 5) is 4.83. The van der Waals surface area contributed by atoms with Crippen molar-refractivity contribution in [2.45, 2.75) is 39.2 Å². The molecule has 0 radical (unpaired) electrons. The van der Waals surface area contributed by atoms with Crippen LogP contribution in [0.3, 0.4) is 0 Å². The van der Waals surface area contributed by atoms with E-state index in [-0.39, 0.29) is 6.10 Å². The molecule has 0 spiro atoms. The average Bonchev–Trinajstić information content (AvgIpc) is 2.08. The summed E-state index contributed by atoms with van der Waals surface area (Å²) in [5, 5.41) is 0. The Morgan fingerprint density at radius 2 is 2.22 bits per heavy atom. The van der Waals surface area contributed by atoms with Gasteiger partial charge in [0.25, 0.3) is 0 Å². The molecule has 0 aromatic carbocycles. The average molecular weight is 129 g/mol. The molecule has 9 heavy (non-hydrogen) atoms. The molecule has 54 valence electrons. The van der Waals surface area contributed by atoms with Gasteiger partial charge in [0.15, 0.2) is 0 Å². The maximum atomic E-state index is 5.11. The normalized spacial score (nSPS) is 33.0. The van der Waals surface area contributed by atoms with Crippen molar-refractivity contribution in [1.29, 1.82) is 0 Å². The fourth-order valence-electron chi connectivity index (χ4n) is 1.55. The maximum absolute atomic E-state index is 5.11. The van der Waals surface area contributed by atoms with Crippen LogP contribution in [-0.2, 0) is 4.84 Å². The van der Waals surface area contributed by atoms with Crippen LogP contribution in [0.2, 0.25) is 0 Å². The van der Waals surface area contributed by atoms with Crippen molar-refractivity contribution >= 4 is 0 Å². The fourth-order valence-corrected chi connectivity index (χ4v) is 1.55. The molecule has 0 saturated heterocycles. The van der Waals surface area contributed by atoms with Crippen molar-refractivity contribution in [3.05, 3.63) is 0 Å². The van der Waals surface area contributed by atoms with Gasteiger partial charge in [-0.3, -0.25) is 0 Å². The SMILES string of the molecule is CC1(C)CCCC1ON. The Morgan fingerprint density at radius 3 is 2.44 bits per heavy atom.